The maximum Gasteiger partial charge on any atom is 0.0480 e. The van der Waals surface area contributed by atoms with Gasteiger partial charge in [0.25, 0.3) is 0 Å². The van der Waals surface area contributed by atoms with Crippen molar-refractivity contribution in [3.63, 3.8) is 0 Å². The Labute approximate surface area is 121 Å². The largest absolute Gasteiger partial charge is 0.346 e. The Morgan fingerprint density at radius 1 is 1.15 bits per heavy atom. The Balaban J connectivity index is 1.40. The second-order valence-electron chi connectivity index (χ2n) is 6.73. The Hall–Kier alpha value is -1.28. The van der Waals surface area contributed by atoms with Crippen LogP contribution in [-0.4, -0.2) is 17.2 Å². The van der Waals surface area contributed by atoms with E-state index in [1.165, 1.54) is 42.1 Å². The Kier molecular flexibility index (Phi) is 3.07. The first-order chi connectivity index (χ1) is 9.81. The summed E-state index contributed by atoms with van der Waals surface area (Å²) in [6.07, 6.45) is 8.06. The number of hydrogen-bond donors (Lipinski definition) is 1. The van der Waals surface area contributed by atoms with Crippen molar-refractivity contribution in [2.45, 2.75) is 45.2 Å². The third-order valence-corrected chi connectivity index (χ3v) is 4.92. The van der Waals surface area contributed by atoms with Crippen LogP contribution < -0.4 is 5.32 Å². The molecule has 4 rings (SSSR count). The molecule has 0 amide bonds. The standard InChI is InChI=1S/C18H24N2/c1-13-2-7-17-16(12-13)8-10-20(17)11-9-19-18(14-3-4-14)15-5-6-15/h2,7-8,10,12,14-15,18-19H,3-6,9,11H2,1H3. The normalized spacial score (nSPS) is 19.1. The highest BCUT2D eigenvalue weighted by atomic mass is 15.0. The van der Waals surface area contributed by atoms with E-state index < -0.39 is 0 Å². The molecular weight excluding hydrogens is 244 g/mol. The van der Waals surface area contributed by atoms with E-state index in [-0.39, 0.29) is 0 Å². The summed E-state index contributed by atoms with van der Waals surface area (Å²) in [5.74, 6) is 1.98. The summed E-state index contributed by atoms with van der Waals surface area (Å²) in [4.78, 5) is 0. The van der Waals surface area contributed by atoms with Crippen molar-refractivity contribution in [2.24, 2.45) is 11.8 Å². The number of nitrogens with zero attached hydrogens (tertiary/aromatic N) is 1. The van der Waals surface area contributed by atoms with Gasteiger partial charge >= 0.3 is 0 Å². The summed E-state index contributed by atoms with van der Waals surface area (Å²) >= 11 is 0. The summed E-state index contributed by atoms with van der Waals surface area (Å²) in [5, 5.41) is 5.20. The number of aromatic nitrogens is 1. The Morgan fingerprint density at radius 3 is 2.60 bits per heavy atom. The second kappa shape index (κ2) is 4.92. The van der Waals surface area contributed by atoms with Crippen LogP contribution in [0.15, 0.2) is 30.5 Å². The maximum atomic E-state index is 3.84. The van der Waals surface area contributed by atoms with Crippen molar-refractivity contribution in [3.8, 4) is 0 Å². The van der Waals surface area contributed by atoms with E-state index in [2.05, 4.69) is 47.3 Å². The molecule has 0 radical (unpaired) electrons. The molecule has 0 atom stereocenters. The molecule has 2 fully saturated rings. The summed E-state index contributed by atoms with van der Waals surface area (Å²) in [6.45, 7) is 4.35. The van der Waals surface area contributed by atoms with Crippen molar-refractivity contribution in [1.82, 2.24) is 9.88 Å². The quantitative estimate of drug-likeness (QED) is 0.844. The molecular formula is C18H24N2. The van der Waals surface area contributed by atoms with E-state index in [0.717, 1.165) is 31.0 Å². The lowest BCUT2D eigenvalue weighted by atomic mass is 10.1. The van der Waals surface area contributed by atoms with Gasteiger partial charge < -0.3 is 9.88 Å². The molecule has 20 heavy (non-hydrogen) atoms. The first kappa shape index (κ1) is 12.5. The highest BCUT2D eigenvalue weighted by Gasteiger charge is 2.40. The average molecular weight is 268 g/mol. The second-order valence-corrected chi connectivity index (χ2v) is 6.73. The summed E-state index contributed by atoms with van der Waals surface area (Å²) < 4.78 is 2.39. The van der Waals surface area contributed by atoms with Gasteiger partial charge in [0.2, 0.25) is 0 Å². The molecule has 0 spiro atoms. The van der Waals surface area contributed by atoms with Crippen LogP contribution in [0.1, 0.15) is 31.2 Å². The third-order valence-electron chi connectivity index (χ3n) is 4.92. The molecule has 1 heterocycles. The molecule has 2 saturated carbocycles. The molecule has 106 valence electrons. The van der Waals surface area contributed by atoms with E-state index in [4.69, 9.17) is 0 Å². The van der Waals surface area contributed by atoms with E-state index in [0.29, 0.717) is 0 Å². The van der Waals surface area contributed by atoms with Gasteiger partial charge in [0.1, 0.15) is 0 Å². The van der Waals surface area contributed by atoms with Crippen LogP contribution in [0, 0.1) is 18.8 Å². The van der Waals surface area contributed by atoms with Gasteiger partial charge in [-0.3, -0.25) is 0 Å². The molecule has 0 unspecified atom stereocenters. The summed E-state index contributed by atoms with van der Waals surface area (Å²) in [5.41, 5.74) is 2.71. The number of fused-ring (bicyclic) bond motifs is 1. The van der Waals surface area contributed by atoms with Crippen molar-refractivity contribution in [1.29, 1.82) is 0 Å². The van der Waals surface area contributed by atoms with Crippen LogP contribution >= 0.6 is 0 Å². The monoisotopic (exact) mass is 268 g/mol. The van der Waals surface area contributed by atoms with E-state index in [1.54, 1.807) is 0 Å². The van der Waals surface area contributed by atoms with Gasteiger partial charge in [-0.15, -0.1) is 0 Å². The van der Waals surface area contributed by atoms with Crippen LogP contribution in [-0.2, 0) is 6.54 Å². The number of hydrogen-bond acceptors (Lipinski definition) is 1. The van der Waals surface area contributed by atoms with Gasteiger partial charge in [-0.25, -0.2) is 0 Å². The number of aryl methyl sites for hydroxylation is 1. The van der Waals surface area contributed by atoms with Crippen LogP contribution in [0.3, 0.4) is 0 Å². The zero-order valence-electron chi connectivity index (χ0n) is 12.3. The molecule has 2 aromatic rings. The van der Waals surface area contributed by atoms with Gasteiger partial charge in [0.15, 0.2) is 0 Å². The molecule has 1 aromatic heterocycles. The van der Waals surface area contributed by atoms with Gasteiger partial charge in [0, 0.05) is 30.8 Å². The molecule has 2 aliphatic rings. The lowest BCUT2D eigenvalue weighted by molar-refractivity contribution is 0.408. The average Bonchev–Trinajstić information content (AvgIpc) is 3.33. The molecule has 2 nitrogen and oxygen atoms in total. The third kappa shape index (κ3) is 2.49. The Morgan fingerprint density at radius 2 is 1.90 bits per heavy atom. The minimum atomic E-state index is 0.819. The van der Waals surface area contributed by atoms with Crippen LogP contribution in [0.5, 0.6) is 0 Å². The zero-order chi connectivity index (χ0) is 13.5. The fraction of sp³-hybridized carbons (Fsp3) is 0.556. The molecule has 2 heteroatoms. The van der Waals surface area contributed by atoms with Crippen LogP contribution in [0.25, 0.3) is 10.9 Å². The summed E-state index contributed by atoms with van der Waals surface area (Å²) in [7, 11) is 0. The first-order valence-corrected chi connectivity index (χ1v) is 8.10. The highest BCUT2D eigenvalue weighted by Crippen LogP contribution is 2.44. The van der Waals surface area contributed by atoms with Crippen molar-refractivity contribution < 1.29 is 0 Å². The molecule has 0 bridgehead atoms. The lowest BCUT2D eigenvalue weighted by Gasteiger charge is -2.18. The van der Waals surface area contributed by atoms with Gasteiger partial charge in [-0.2, -0.15) is 0 Å². The molecule has 1 N–H and O–H groups in total. The smallest absolute Gasteiger partial charge is 0.0480 e. The first-order valence-electron chi connectivity index (χ1n) is 8.10. The van der Waals surface area contributed by atoms with Gasteiger partial charge in [-0.05, 0) is 68.0 Å². The molecule has 0 saturated heterocycles. The minimum Gasteiger partial charge on any atom is -0.346 e. The van der Waals surface area contributed by atoms with Gasteiger partial charge in [0.05, 0.1) is 0 Å². The van der Waals surface area contributed by atoms with Gasteiger partial charge in [-0.1, -0.05) is 11.6 Å². The number of benzene rings is 1. The number of nitrogens with one attached hydrogen (secondary N) is 1. The number of rotatable bonds is 6. The van der Waals surface area contributed by atoms with E-state index in [9.17, 15) is 0 Å². The van der Waals surface area contributed by atoms with E-state index >= 15 is 0 Å². The van der Waals surface area contributed by atoms with Crippen LogP contribution in [0.2, 0.25) is 0 Å². The van der Waals surface area contributed by atoms with Crippen molar-refractivity contribution >= 4 is 10.9 Å². The zero-order valence-corrected chi connectivity index (χ0v) is 12.3. The maximum absolute atomic E-state index is 3.84. The SMILES string of the molecule is Cc1ccc2c(ccn2CCNC(C2CC2)C2CC2)c1. The fourth-order valence-electron chi connectivity index (χ4n) is 3.50. The molecule has 1 aromatic carbocycles. The predicted molar refractivity (Wildman–Crippen MR) is 83.9 cm³/mol. The Bertz CT molecular complexity index is 593. The minimum absolute atomic E-state index is 0.819. The lowest BCUT2D eigenvalue weighted by Crippen LogP contribution is -2.35. The van der Waals surface area contributed by atoms with Crippen molar-refractivity contribution in [3.05, 3.63) is 36.0 Å². The molecule has 0 aliphatic heterocycles. The van der Waals surface area contributed by atoms with Crippen molar-refractivity contribution in [2.75, 3.05) is 6.54 Å². The predicted octanol–water partition coefficient (Wildman–Crippen LogP) is 3.73. The summed E-state index contributed by atoms with van der Waals surface area (Å²) in [6, 6.07) is 9.80. The molecule has 2 aliphatic carbocycles. The van der Waals surface area contributed by atoms with Crippen LogP contribution in [0.4, 0.5) is 0 Å². The highest BCUT2D eigenvalue weighted by molar-refractivity contribution is 5.80. The fourth-order valence-corrected chi connectivity index (χ4v) is 3.50. The van der Waals surface area contributed by atoms with E-state index in [1.807, 2.05) is 0 Å². The topological polar surface area (TPSA) is 17.0 Å².